The van der Waals surface area contributed by atoms with Crippen molar-refractivity contribution in [2.24, 2.45) is 0 Å². The molecule has 0 radical (unpaired) electrons. The molecule has 0 atom stereocenters. The highest BCUT2D eigenvalue weighted by Gasteiger charge is 2.36. The predicted molar refractivity (Wildman–Crippen MR) is 99.7 cm³/mol. The molecular formula is C19H31NO3Si. The van der Waals surface area contributed by atoms with Crippen molar-refractivity contribution in [2.45, 2.75) is 58.4 Å². The highest BCUT2D eigenvalue weighted by atomic mass is 28.4. The van der Waals surface area contributed by atoms with Crippen LogP contribution in [0.15, 0.2) is 24.3 Å². The first-order valence-electron chi connectivity index (χ1n) is 8.82. The van der Waals surface area contributed by atoms with E-state index in [1.807, 2.05) is 29.2 Å². The second kappa shape index (κ2) is 7.70. The lowest BCUT2D eigenvalue weighted by molar-refractivity contribution is -0.132. The molecule has 0 aliphatic carbocycles. The molecule has 1 aromatic carbocycles. The zero-order chi connectivity index (χ0) is 17.8. The van der Waals surface area contributed by atoms with Crippen LogP contribution in [0.1, 0.15) is 39.2 Å². The lowest BCUT2D eigenvalue weighted by atomic mass is 10.2. The minimum atomic E-state index is -1.73. The number of amides is 1. The lowest BCUT2D eigenvalue weighted by Gasteiger charge is -2.36. The van der Waals surface area contributed by atoms with E-state index in [1.165, 1.54) is 0 Å². The van der Waals surface area contributed by atoms with Gasteiger partial charge in [-0.3, -0.25) is 4.79 Å². The van der Waals surface area contributed by atoms with Crippen LogP contribution in [0.25, 0.3) is 0 Å². The number of hydrogen-bond acceptors (Lipinski definition) is 3. The van der Waals surface area contributed by atoms with Crippen LogP contribution in [0.4, 0.5) is 0 Å². The summed E-state index contributed by atoms with van der Waals surface area (Å²) in [6, 6.07) is 7.87. The van der Waals surface area contributed by atoms with Crippen LogP contribution in [-0.4, -0.2) is 38.8 Å². The Bertz CT molecular complexity index is 543. The van der Waals surface area contributed by atoms with E-state index < -0.39 is 8.32 Å². The lowest BCUT2D eigenvalue weighted by Crippen LogP contribution is -2.40. The van der Waals surface area contributed by atoms with E-state index in [0.29, 0.717) is 6.61 Å². The van der Waals surface area contributed by atoms with Gasteiger partial charge in [-0.05, 0) is 48.7 Å². The third kappa shape index (κ3) is 5.08. The first-order valence-corrected chi connectivity index (χ1v) is 11.7. The average molecular weight is 350 g/mol. The third-order valence-electron chi connectivity index (χ3n) is 5.15. The number of benzene rings is 1. The Balaban J connectivity index is 1.81. The zero-order valence-corrected chi connectivity index (χ0v) is 16.7. The second-order valence-corrected chi connectivity index (χ2v) is 12.9. The molecule has 1 amide bonds. The second-order valence-electron chi connectivity index (χ2n) is 8.07. The molecule has 1 fully saturated rings. The van der Waals surface area contributed by atoms with Crippen molar-refractivity contribution < 1.29 is 14.0 Å². The molecule has 0 N–H and O–H groups in total. The first kappa shape index (κ1) is 19.0. The van der Waals surface area contributed by atoms with E-state index in [0.717, 1.165) is 37.2 Å². The molecule has 0 saturated carbocycles. The number of rotatable bonds is 6. The third-order valence-corrected chi connectivity index (χ3v) is 9.63. The molecule has 1 aromatic rings. The fraction of sp³-hybridized carbons (Fsp3) is 0.632. The Labute approximate surface area is 147 Å². The summed E-state index contributed by atoms with van der Waals surface area (Å²) in [5, 5.41) is 0.214. The number of carbonyl (C=O) groups is 1. The van der Waals surface area contributed by atoms with Gasteiger partial charge in [-0.25, -0.2) is 0 Å². The van der Waals surface area contributed by atoms with Crippen LogP contribution in [0.5, 0.6) is 5.75 Å². The maximum atomic E-state index is 12.0. The highest BCUT2D eigenvalue weighted by molar-refractivity contribution is 6.74. The summed E-state index contributed by atoms with van der Waals surface area (Å²) in [6.45, 7) is 13.7. The average Bonchev–Trinajstić information content (AvgIpc) is 3.05. The number of hydrogen-bond donors (Lipinski definition) is 0. The maximum absolute atomic E-state index is 12.0. The van der Waals surface area contributed by atoms with Crippen molar-refractivity contribution in [3.05, 3.63) is 29.8 Å². The Morgan fingerprint density at radius 3 is 2.25 bits per heavy atom. The van der Waals surface area contributed by atoms with Gasteiger partial charge in [-0.2, -0.15) is 0 Å². The van der Waals surface area contributed by atoms with Crippen LogP contribution >= 0.6 is 0 Å². The van der Waals surface area contributed by atoms with Crippen molar-refractivity contribution in [1.29, 1.82) is 0 Å². The summed E-state index contributed by atoms with van der Waals surface area (Å²) in [6.07, 6.45) is 2.21. The fourth-order valence-electron chi connectivity index (χ4n) is 2.37. The first-order chi connectivity index (χ1) is 11.2. The van der Waals surface area contributed by atoms with Crippen LogP contribution in [0.3, 0.4) is 0 Å². The summed E-state index contributed by atoms with van der Waals surface area (Å²) in [5.74, 6) is 0.816. The van der Waals surface area contributed by atoms with E-state index >= 15 is 0 Å². The smallest absolute Gasteiger partial charge is 0.260 e. The fourth-order valence-corrected chi connectivity index (χ4v) is 3.33. The van der Waals surface area contributed by atoms with Crippen molar-refractivity contribution in [3.63, 3.8) is 0 Å². The van der Waals surface area contributed by atoms with Crippen molar-refractivity contribution in [2.75, 3.05) is 19.7 Å². The SMILES string of the molecule is CC(C)(C)[Si](C)(C)OCc1ccc(OCC(=O)N2CCCC2)cc1. The van der Waals surface area contributed by atoms with Crippen molar-refractivity contribution in [3.8, 4) is 5.75 Å². The topological polar surface area (TPSA) is 38.8 Å². The molecule has 2 rings (SSSR count). The van der Waals surface area contributed by atoms with Gasteiger partial charge in [0.2, 0.25) is 0 Å². The molecule has 24 heavy (non-hydrogen) atoms. The molecule has 1 aliphatic rings. The zero-order valence-electron chi connectivity index (χ0n) is 15.7. The van der Waals surface area contributed by atoms with Crippen molar-refractivity contribution in [1.82, 2.24) is 4.90 Å². The Morgan fingerprint density at radius 2 is 1.71 bits per heavy atom. The molecule has 1 aliphatic heterocycles. The maximum Gasteiger partial charge on any atom is 0.260 e. The molecule has 134 valence electrons. The van der Waals surface area contributed by atoms with Gasteiger partial charge in [0.05, 0.1) is 6.61 Å². The van der Waals surface area contributed by atoms with E-state index in [4.69, 9.17) is 9.16 Å². The van der Waals surface area contributed by atoms with Gasteiger partial charge >= 0.3 is 0 Å². The van der Waals surface area contributed by atoms with Crippen LogP contribution in [-0.2, 0) is 15.8 Å². The Morgan fingerprint density at radius 1 is 1.12 bits per heavy atom. The normalized spacial score (nSPS) is 15.6. The minimum absolute atomic E-state index is 0.0813. The molecule has 0 spiro atoms. The molecule has 5 heteroatoms. The summed E-state index contributed by atoms with van der Waals surface area (Å²) >= 11 is 0. The Kier molecular flexibility index (Phi) is 6.10. The summed E-state index contributed by atoms with van der Waals surface area (Å²) in [7, 11) is -1.73. The molecule has 0 aromatic heterocycles. The quantitative estimate of drug-likeness (QED) is 0.722. The van der Waals surface area contributed by atoms with E-state index in [-0.39, 0.29) is 17.6 Å². The molecular weight excluding hydrogens is 318 g/mol. The van der Waals surface area contributed by atoms with Crippen LogP contribution in [0, 0.1) is 0 Å². The molecule has 0 bridgehead atoms. The van der Waals surface area contributed by atoms with Gasteiger partial charge in [-0.15, -0.1) is 0 Å². The number of likely N-dealkylation sites (tertiary alicyclic amines) is 1. The summed E-state index contributed by atoms with van der Waals surface area (Å²) in [4.78, 5) is 13.9. The summed E-state index contributed by atoms with van der Waals surface area (Å²) < 4.78 is 11.8. The van der Waals surface area contributed by atoms with Gasteiger partial charge < -0.3 is 14.1 Å². The van der Waals surface area contributed by atoms with Gasteiger partial charge in [0.25, 0.3) is 5.91 Å². The molecule has 1 heterocycles. The molecule has 4 nitrogen and oxygen atoms in total. The number of nitrogens with zero attached hydrogens (tertiary/aromatic N) is 1. The van der Waals surface area contributed by atoms with Crippen LogP contribution in [0.2, 0.25) is 18.1 Å². The van der Waals surface area contributed by atoms with E-state index in [2.05, 4.69) is 33.9 Å². The number of ether oxygens (including phenoxy) is 1. The monoisotopic (exact) mass is 349 g/mol. The Hall–Kier alpha value is -1.33. The highest BCUT2D eigenvalue weighted by Crippen LogP contribution is 2.37. The van der Waals surface area contributed by atoms with Crippen molar-refractivity contribution >= 4 is 14.2 Å². The van der Waals surface area contributed by atoms with Gasteiger partial charge in [0.15, 0.2) is 14.9 Å². The molecule has 1 saturated heterocycles. The summed E-state index contributed by atoms with van der Waals surface area (Å²) in [5.41, 5.74) is 1.14. The van der Waals surface area contributed by atoms with E-state index in [1.54, 1.807) is 0 Å². The number of carbonyl (C=O) groups excluding carboxylic acids is 1. The predicted octanol–water partition coefficient (Wildman–Crippen LogP) is 4.21. The largest absolute Gasteiger partial charge is 0.484 e. The standard InChI is InChI=1S/C19H31NO3Si/c1-19(2,3)24(4,5)23-14-16-8-10-17(11-9-16)22-15-18(21)20-12-6-7-13-20/h8-11H,6-7,12-15H2,1-5H3. The van der Waals surface area contributed by atoms with Crippen LogP contribution < -0.4 is 4.74 Å². The van der Waals surface area contributed by atoms with E-state index in [9.17, 15) is 4.79 Å². The molecule has 0 unspecified atom stereocenters. The van der Waals surface area contributed by atoms with Gasteiger partial charge in [0.1, 0.15) is 5.75 Å². The van der Waals surface area contributed by atoms with Gasteiger partial charge in [-0.1, -0.05) is 32.9 Å². The van der Waals surface area contributed by atoms with Gasteiger partial charge in [0, 0.05) is 13.1 Å². The minimum Gasteiger partial charge on any atom is -0.484 e.